The van der Waals surface area contributed by atoms with Crippen molar-refractivity contribution in [3.05, 3.63) is 29.8 Å². The molecule has 1 aromatic carbocycles. The van der Waals surface area contributed by atoms with Crippen LogP contribution in [0, 0.1) is 5.92 Å². The lowest BCUT2D eigenvalue weighted by Gasteiger charge is -2.37. The molecular weight excluding hydrogens is 354 g/mol. The number of morpholine rings is 1. The highest BCUT2D eigenvalue weighted by Crippen LogP contribution is 2.21. The fraction of sp³-hybridized carbons (Fsp3) is 0.682. The summed E-state index contributed by atoms with van der Waals surface area (Å²) in [7, 11) is 0. The zero-order valence-electron chi connectivity index (χ0n) is 17.5. The molecule has 2 fully saturated rings. The van der Waals surface area contributed by atoms with Gasteiger partial charge in [0.2, 0.25) is 0 Å². The first-order valence-corrected chi connectivity index (χ1v) is 10.6. The van der Waals surface area contributed by atoms with Crippen LogP contribution in [0.2, 0.25) is 0 Å². The van der Waals surface area contributed by atoms with Gasteiger partial charge in [-0.2, -0.15) is 0 Å². The Hall–Kier alpha value is -1.79. The maximum atomic E-state index is 5.98. The SMILES string of the molecule is CCNC(=NCc1cccc(OCC(C)C)c1)N1CCOC(C2CCCO2)C1. The van der Waals surface area contributed by atoms with Gasteiger partial charge in [0.05, 0.1) is 25.9 Å². The van der Waals surface area contributed by atoms with Gasteiger partial charge in [-0.05, 0) is 43.4 Å². The Morgan fingerprint density at radius 1 is 1.29 bits per heavy atom. The number of nitrogens with one attached hydrogen (secondary N) is 1. The molecule has 0 saturated carbocycles. The molecule has 1 N–H and O–H groups in total. The standard InChI is InChI=1S/C22H35N3O3/c1-4-23-22(25-10-12-27-21(15-25)20-9-6-11-26-20)24-14-18-7-5-8-19(13-18)28-16-17(2)3/h5,7-8,13,17,20-21H,4,6,9-12,14-16H2,1-3H3,(H,23,24). The van der Waals surface area contributed by atoms with Crippen LogP contribution in [0.1, 0.15) is 39.2 Å². The van der Waals surface area contributed by atoms with E-state index >= 15 is 0 Å². The van der Waals surface area contributed by atoms with E-state index in [-0.39, 0.29) is 12.2 Å². The number of hydrogen-bond acceptors (Lipinski definition) is 4. The number of benzene rings is 1. The molecule has 6 heteroatoms. The molecule has 2 aliphatic rings. The largest absolute Gasteiger partial charge is 0.493 e. The first-order chi connectivity index (χ1) is 13.7. The van der Waals surface area contributed by atoms with E-state index in [4.69, 9.17) is 19.2 Å². The van der Waals surface area contributed by atoms with Gasteiger partial charge in [-0.1, -0.05) is 26.0 Å². The van der Waals surface area contributed by atoms with Crippen molar-refractivity contribution in [1.29, 1.82) is 0 Å². The summed E-state index contributed by atoms with van der Waals surface area (Å²) >= 11 is 0. The Morgan fingerprint density at radius 3 is 2.89 bits per heavy atom. The van der Waals surface area contributed by atoms with Crippen molar-refractivity contribution in [3.63, 3.8) is 0 Å². The summed E-state index contributed by atoms with van der Waals surface area (Å²) in [5, 5.41) is 3.44. The fourth-order valence-corrected chi connectivity index (χ4v) is 3.58. The van der Waals surface area contributed by atoms with Crippen molar-refractivity contribution in [3.8, 4) is 5.75 Å². The van der Waals surface area contributed by atoms with Crippen LogP contribution in [-0.2, 0) is 16.0 Å². The van der Waals surface area contributed by atoms with E-state index in [0.717, 1.165) is 63.0 Å². The van der Waals surface area contributed by atoms with Crippen LogP contribution in [0.3, 0.4) is 0 Å². The summed E-state index contributed by atoms with van der Waals surface area (Å²) in [6, 6.07) is 8.23. The summed E-state index contributed by atoms with van der Waals surface area (Å²) in [5.41, 5.74) is 1.15. The normalized spacial score (nSPS) is 23.3. The average molecular weight is 390 g/mol. The number of aliphatic imine (C=N–C) groups is 1. The lowest BCUT2D eigenvalue weighted by Crippen LogP contribution is -2.53. The summed E-state index contributed by atoms with van der Waals surface area (Å²) in [5.74, 6) is 2.37. The van der Waals surface area contributed by atoms with Crippen molar-refractivity contribution in [2.75, 3.05) is 39.5 Å². The quantitative estimate of drug-likeness (QED) is 0.574. The molecule has 2 saturated heterocycles. The maximum absolute atomic E-state index is 5.98. The molecule has 0 bridgehead atoms. The topological polar surface area (TPSA) is 55.3 Å². The highest BCUT2D eigenvalue weighted by molar-refractivity contribution is 5.80. The van der Waals surface area contributed by atoms with Crippen LogP contribution < -0.4 is 10.1 Å². The minimum Gasteiger partial charge on any atom is -0.493 e. The molecule has 156 valence electrons. The van der Waals surface area contributed by atoms with Gasteiger partial charge in [-0.15, -0.1) is 0 Å². The molecular formula is C22H35N3O3. The second kappa shape index (κ2) is 10.7. The molecule has 0 amide bonds. The number of ether oxygens (including phenoxy) is 3. The van der Waals surface area contributed by atoms with Crippen molar-refractivity contribution >= 4 is 5.96 Å². The lowest BCUT2D eigenvalue weighted by molar-refractivity contribution is -0.0817. The molecule has 0 radical (unpaired) electrons. The third-order valence-corrected chi connectivity index (χ3v) is 5.00. The van der Waals surface area contributed by atoms with Crippen LogP contribution in [-0.4, -0.2) is 62.5 Å². The molecule has 2 heterocycles. The summed E-state index contributed by atoms with van der Waals surface area (Å²) in [6.45, 7) is 11.9. The number of guanidine groups is 1. The Morgan fingerprint density at radius 2 is 2.14 bits per heavy atom. The van der Waals surface area contributed by atoms with Gasteiger partial charge in [-0.3, -0.25) is 0 Å². The Labute approximate surface area is 169 Å². The van der Waals surface area contributed by atoms with Crippen LogP contribution in [0.5, 0.6) is 5.75 Å². The highest BCUT2D eigenvalue weighted by Gasteiger charge is 2.32. The van der Waals surface area contributed by atoms with Crippen LogP contribution >= 0.6 is 0 Å². The fourth-order valence-electron chi connectivity index (χ4n) is 3.58. The minimum absolute atomic E-state index is 0.132. The van der Waals surface area contributed by atoms with Gasteiger partial charge in [0.15, 0.2) is 5.96 Å². The van der Waals surface area contributed by atoms with E-state index < -0.39 is 0 Å². The molecule has 28 heavy (non-hydrogen) atoms. The molecule has 0 aliphatic carbocycles. The zero-order chi connectivity index (χ0) is 19.8. The average Bonchev–Trinajstić information content (AvgIpc) is 3.25. The van der Waals surface area contributed by atoms with E-state index in [1.807, 2.05) is 12.1 Å². The number of hydrogen-bond donors (Lipinski definition) is 1. The smallest absolute Gasteiger partial charge is 0.194 e. The zero-order valence-corrected chi connectivity index (χ0v) is 17.5. The molecule has 0 aromatic heterocycles. The van der Waals surface area contributed by atoms with E-state index in [1.54, 1.807) is 0 Å². The van der Waals surface area contributed by atoms with Crippen molar-refractivity contribution in [2.45, 2.75) is 52.4 Å². The Bertz CT molecular complexity index is 629. The molecule has 3 rings (SSSR count). The van der Waals surface area contributed by atoms with Gasteiger partial charge in [0.1, 0.15) is 11.9 Å². The minimum atomic E-state index is 0.132. The van der Waals surface area contributed by atoms with E-state index in [0.29, 0.717) is 19.1 Å². The predicted octanol–water partition coefficient (Wildman–Crippen LogP) is 3.07. The van der Waals surface area contributed by atoms with Gasteiger partial charge in [0, 0.05) is 26.2 Å². The second-order valence-electron chi connectivity index (χ2n) is 7.93. The van der Waals surface area contributed by atoms with Gasteiger partial charge >= 0.3 is 0 Å². The molecule has 2 unspecified atom stereocenters. The second-order valence-corrected chi connectivity index (χ2v) is 7.93. The molecule has 6 nitrogen and oxygen atoms in total. The monoisotopic (exact) mass is 389 g/mol. The van der Waals surface area contributed by atoms with Crippen molar-refractivity contribution in [2.24, 2.45) is 10.9 Å². The number of nitrogens with zero attached hydrogens (tertiary/aromatic N) is 2. The van der Waals surface area contributed by atoms with E-state index in [9.17, 15) is 0 Å². The first kappa shape index (κ1) is 20.9. The Balaban J connectivity index is 1.62. The third kappa shape index (κ3) is 6.11. The maximum Gasteiger partial charge on any atom is 0.194 e. The lowest BCUT2D eigenvalue weighted by atomic mass is 10.1. The van der Waals surface area contributed by atoms with E-state index in [2.05, 4.69) is 43.1 Å². The highest BCUT2D eigenvalue weighted by atomic mass is 16.5. The predicted molar refractivity (Wildman–Crippen MR) is 112 cm³/mol. The van der Waals surface area contributed by atoms with Crippen molar-refractivity contribution in [1.82, 2.24) is 10.2 Å². The summed E-state index contributed by atoms with van der Waals surface area (Å²) in [4.78, 5) is 7.19. The van der Waals surface area contributed by atoms with E-state index in [1.165, 1.54) is 0 Å². The summed E-state index contributed by atoms with van der Waals surface area (Å²) < 4.78 is 17.7. The molecule has 0 spiro atoms. The van der Waals surface area contributed by atoms with Gasteiger partial charge in [-0.25, -0.2) is 4.99 Å². The van der Waals surface area contributed by atoms with Crippen LogP contribution in [0.25, 0.3) is 0 Å². The van der Waals surface area contributed by atoms with Crippen LogP contribution in [0.15, 0.2) is 29.3 Å². The molecule has 2 aliphatic heterocycles. The Kier molecular flexibility index (Phi) is 7.98. The van der Waals surface area contributed by atoms with Gasteiger partial charge < -0.3 is 24.4 Å². The first-order valence-electron chi connectivity index (χ1n) is 10.6. The summed E-state index contributed by atoms with van der Waals surface area (Å²) in [6.07, 6.45) is 2.58. The third-order valence-electron chi connectivity index (χ3n) is 5.00. The number of rotatable bonds is 7. The van der Waals surface area contributed by atoms with Gasteiger partial charge in [0.25, 0.3) is 0 Å². The van der Waals surface area contributed by atoms with Crippen LogP contribution in [0.4, 0.5) is 0 Å². The van der Waals surface area contributed by atoms with Crippen molar-refractivity contribution < 1.29 is 14.2 Å². The molecule has 1 aromatic rings. The molecule has 2 atom stereocenters.